The molecule has 3 saturated heterocycles. The van der Waals surface area contributed by atoms with Crippen molar-refractivity contribution in [3.05, 3.63) is 65.4 Å². The maximum absolute atomic E-state index is 13.6. The van der Waals surface area contributed by atoms with Crippen molar-refractivity contribution >= 4 is 54.5 Å². The van der Waals surface area contributed by atoms with E-state index >= 15 is 0 Å². The van der Waals surface area contributed by atoms with Crippen LogP contribution in [0.1, 0.15) is 48.4 Å². The lowest BCUT2D eigenvalue weighted by molar-refractivity contribution is -0.143. The lowest BCUT2D eigenvalue weighted by Crippen LogP contribution is -2.58. The van der Waals surface area contributed by atoms with Gasteiger partial charge in [0.25, 0.3) is 0 Å². The highest BCUT2D eigenvalue weighted by Gasteiger charge is 2.44. The van der Waals surface area contributed by atoms with Crippen molar-refractivity contribution in [2.24, 2.45) is 11.8 Å². The molecule has 2 N–H and O–H groups in total. The molecular weight excluding hydrogens is 747 g/mol. The van der Waals surface area contributed by atoms with Gasteiger partial charge in [-0.05, 0) is 116 Å². The smallest absolute Gasteiger partial charge is 0.497 e. The SMILES string of the molecule is COc1ccc2nccc([C@H](NC(=S)Nc3cc(C(F)(F)F)cc(C(F)(F)F)c3)C3CC4CCN3CC4CCSCCC[Si](OC)(OC)OC)c2c1. The molecule has 17 heteroatoms. The molecule has 3 aromatic rings. The van der Waals surface area contributed by atoms with Crippen molar-refractivity contribution < 1.29 is 44.4 Å². The van der Waals surface area contributed by atoms with E-state index in [0.29, 0.717) is 35.2 Å². The predicted molar refractivity (Wildman–Crippen MR) is 197 cm³/mol. The molecule has 4 heterocycles. The van der Waals surface area contributed by atoms with E-state index in [0.717, 1.165) is 67.3 Å². The summed E-state index contributed by atoms with van der Waals surface area (Å²) in [5, 5.41) is 6.65. The van der Waals surface area contributed by atoms with Gasteiger partial charge >= 0.3 is 21.2 Å². The molecule has 8 nitrogen and oxygen atoms in total. The van der Waals surface area contributed by atoms with Crippen molar-refractivity contribution in [3.63, 3.8) is 0 Å². The maximum Gasteiger partial charge on any atom is 0.500 e. The van der Waals surface area contributed by atoms with E-state index in [2.05, 4.69) is 20.5 Å². The first kappa shape index (κ1) is 40.5. The average Bonchev–Trinajstić information content (AvgIpc) is 3.13. The highest BCUT2D eigenvalue weighted by atomic mass is 32.2. The molecule has 0 amide bonds. The minimum absolute atomic E-state index is 0.0540. The number of rotatable bonds is 15. The molecule has 3 aliphatic heterocycles. The summed E-state index contributed by atoms with van der Waals surface area (Å²) in [4.78, 5) is 6.95. The number of hydrogen-bond acceptors (Lipinski definition) is 8. The number of anilines is 1. The number of aromatic nitrogens is 1. The molecule has 0 spiro atoms. The number of methoxy groups -OCH3 is 1. The summed E-state index contributed by atoms with van der Waals surface area (Å²) in [6.07, 6.45) is -4.41. The lowest BCUT2D eigenvalue weighted by Gasteiger charge is -2.52. The van der Waals surface area contributed by atoms with Crippen LogP contribution in [0.2, 0.25) is 6.04 Å². The van der Waals surface area contributed by atoms with Crippen LogP contribution in [0.15, 0.2) is 48.7 Å². The van der Waals surface area contributed by atoms with E-state index in [-0.39, 0.29) is 17.2 Å². The fourth-order valence-electron chi connectivity index (χ4n) is 7.40. The fourth-order valence-corrected chi connectivity index (χ4v) is 10.6. The molecule has 52 heavy (non-hydrogen) atoms. The molecule has 4 unspecified atom stereocenters. The van der Waals surface area contributed by atoms with Gasteiger partial charge in [-0.25, -0.2) is 0 Å². The van der Waals surface area contributed by atoms with Crippen LogP contribution in [0, 0.1) is 11.8 Å². The van der Waals surface area contributed by atoms with Gasteiger partial charge in [0.2, 0.25) is 0 Å². The minimum Gasteiger partial charge on any atom is -0.497 e. The monoisotopic (exact) mass is 790 g/mol. The first-order valence-electron chi connectivity index (χ1n) is 17.0. The van der Waals surface area contributed by atoms with Crippen molar-refractivity contribution in [2.75, 3.05) is 58.4 Å². The maximum atomic E-state index is 13.6. The van der Waals surface area contributed by atoms with Crippen LogP contribution in [-0.4, -0.2) is 82.9 Å². The van der Waals surface area contributed by atoms with Crippen LogP contribution in [0.25, 0.3) is 10.9 Å². The first-order chi connectivity index (χ1) is 24.7. The van der Waals surface area contributed by atoms with Gasteiger partial charge in [0.15, 0.2) is 5.11 Å². The van der Waals surface area contributed by atoms with Crippen molar-refractivity contribution in [3.8, 4) is 5.75 Å². The molecule has 0 aliphatic carbocycles. The van der Waals surface area contributed by atoms with Gasteiger partial charge in [0.05, 0.1) is 29.8 Å². The normalized spacial score (nSPS) is 21.3. The van der Waals surface area contributed by atoms with Gasteiger partial charge < -0.3 is 28.6 Å². The molecule has 0 saturated carbocycles. The van der Waals surface area contributed by atoms with Gasteiger partial charge in [-0.15, -0.1) is 0 Å². The average molecular weight is 791 g/mol. The zero-order chi connectivity index (χ0) is 37.7. The van der Waals surface area contributed by atoms with E-state index in [1.165, 1.54) is 0 Å². The number of hydrogen-bond donors (Lipinski definition) is 2. The van der Waals surface area contributed by atoms with Gasteiger partial charge in [0, 0.05) is 57.2 Å². The van der Waals surface area contributed by atoms with Crippen LogP contribution in [0.3, 0.4) is 0 Å². The Morgan fingerprint density at radius 3 is 2.27 bits per heavy atom. The first-order valence-corrected chi connectivity index (χ1v) is 20.5. The number of halogens is 6. The molecule has 5 atom stereocenters. The minimum atomic E-state index is -4.99. The van der Waals surface area contributed by atoms with Crippen LogP contribution in [0.4, 0.5) is 32.0 Å². The van der Waals surface area contributed by atoms with E-state index in [9.17, 15) is 26.3 Å². The number of alkyl halides is 6. The Morgan fingerprint density at radius 2 is 1.67 bits per heavy atom. The molecule has 3 fully saturated rings. The second-order valence-corrected chi connectivity index (χ2v) is 17.8. The summed E-state index contributed by atoms with van der Waals surface area (Å²) in [5.41, 5.74) is -1.70. The highest BCUT2D eigenvalue weighted by molar-refractivity contribution is 7.99. The van der Waals surface area contributed by atoms with Gasteiger partial charge in [-0.2, -0.15) is 38.1 Å². The second kappa shape index (κ2) is 17.2. The zero-order valence-corrected chi connectivity index (χ0v) is 32.0. The number of thiocarbonyl (C=S) groups is 1. The van der Waals surface area contributed by atoms with E-state index in [4.69, 9.17) is 30.2 Å². The summed E-state index contributed by atoms with van der Waals surface area (Å²) < 4.78 is 104. The van der Waals surface area contributed by atoms with E-state index in [1.807, 2.05) is 30.0 Å². The Hall–Kier alpha value is -2.67. The molecular formula is C35H44F6N4O4S2Si. The molecule has 286 valence electrons. The standard InChI is InChI=1S/C35H44F6N4O4S2Si/c1-46-27-6-7-30-29(20-27)28(8-11-42-30)32(44-33(50)43-26-18-24(34(36,37)38)17-25(19-26)35(39,40)41)31-16-22-9-12-45(31)21-23(22)10-14-51-13-5-15-52(47-2,48-3)49-4/h6-8,11,17-20,22-23,31-32H,5,9-10,12-16,21H2,1-4H3,(H2,43,44,50)/t22?,23?,31?,32-/m0/s1. The third-order valence-corrected chi connectivity index (χ3v) is 14.3. The Morgan fingerprint density at radius 1 is 0.981 bits per heavy atom. The molecule has 2 aromatic carbocycles. The van der Waals surface area contributed by atoms with Crippen LogP contribution < -0.4 is 15.4 Å². The second-order valence-electron chi connectivity index (χ2n) is 13.1. The third-order valence-electron chi connectivity index (χ3n) is 10.1. The Balaban J connectivity index is 1.34. The van der Waals surface area contributed by atoms with Crippen molar-refractivity contribution in [1.29, 1.82) is 0 Å². The molecule has 3 aliphatic rings. The largest absolute Gasteiger partial charge is 0.500 e. The summed E-state index contributed by atoms with van der Waals surface area (Å²) in [6, 6.07) is 8.99. The molecule has 2 bridgehead atoms. The van der Waals surface area contributed by atoms with Gasteiger partial charge in [0.1, 0.15) is 5.75 Å². The Bertz CT molecular complexity index is 1640. The Labute approximate surface area is 310 Å². The van der Waals surface area contributed by atoms with Crippen molar-refractivity contribution in [2.45, 2.75) is 56.2 Å². The number of thioether (sulfide) groups is 1. The topological polar surface area (TPSA) is 77.1 Å². The highest BCUT2D eigenvalue weighted by Crippen LogP contribution is 2.44. The number of nitrogens with zero attached hydrogens (tertiary/aromatic N) is 2. The van der Waals surface area contributed by atoms with Crippen LogP contribution >= 0.6 is 24.0 Å². The molecule has 1 aromatic heterocycles. The zero-order valence-electron chi connectivity index (χ0n) is 29.4. The van der Waals surface area contributed by atoms with Crippen molar-refractivity contribution in [1.82, 2.24) is 15.2 Å². The van der Waals surface area contributed by atoms with E-state index in [1.54, 1.807) is 40.7 Å². The number of piperidine rings is 3. The van der Waals surface area contributed by atoms with Gasteiger partial charge in [-0.3, -0.25) is 9.88 Å². The third kappa shape index (κ3) is 9.70. The Kier molecular flexibility index (Phi) is 13.4. The number of nitrogens with one attached hydrogen (secondary N) is 2. The van der Waals surface area contributed by atoms with Crippen LogP contribution in [-0.2, 0) is 25.6 Å². The van der Waals surface area contributed by atoms with E-state index < -0.39 is 44.0 Å². The quantitative estimate of drug-likeness (QED) is 0.0679. The summed E-state index contributed by atoms with van der Waals surface area (Å²) in [5.74, 6) is 3.54. The summed E-state index contributed by atoms with van der Waals surface area (Å²) in [6.45, 7) is 1.74. The number of fused-ring (bicyclic) bond motifs is 4. The number of ether oxygens (including phenoxy) is 1. The van der Waals surface area contributed by atoms with Crippen LogP contribution in [0.5, 0.6) is 5.75 Å². The molecule has 6 rings (SSSR count). The lowest BCUT2D eigenvalue weighted by atomic mass is 9.72. The summed E-state index contributed by atoms with van der Waals surface area (Å²) in [7, 11) is 3.84. The predicted octanol–water partition coefficient (Wildman–Crippen LogP) is 8.41. The summed E-state index contributed by atoms with van der Waals surface area (Å²) >= 11 is 7.52. The number of pyridine rings is 1. The molecule has 0 radical (unpaired) electrons. The fraction of sp³-hybridized carbons (Fsp3) is 0.543. The van der Waals surface area contributed by atoms with Gasteiger partial charge in [-0.1, -0.05) is 0 Å². The number of benzene rings is 2.